The van der Waals surface area contributed by atoms with E-state index in [1.165, 1.54) is 11.3 Å². The summed E-state index contributed by atoms with van der Waals surface area (Å²) in [6, 6.07) is -0.305. The minimum Gasteiger partial charge on any atom is -0.394 e. The third kappa shape index (κ3) is 2.27. The molecule has 0 aromatic carbocycles. The predicted molar refractivity (Wildman–Crippen MR) is 50.1 cm³/mol. The molecular formula is C8H14N2OS. The number of nitrogens with zero attached hydrogens (tertiary/aromatic N) is 1. The second-order valence-electron chi connectivity index (χ2n) is 2.72. The molecule has 0 spiro atoms. The molecule has 1 atom stereocenters. The Morgan fingerprint density at radius 1 is 1.75 bits per heavy atom. The lowest BCUT2D eigenvalue weighted by Gasteiger charge is -2.01. The first kappa shape index (κ1) is 9.64. The van der Waals surface area contributed by atoms with Gasteiger partial charge >= 0.3 is 0 Å². The van der Waals surface area contributed by atoms with E-state index in [4.69, 9.17) is 10.8 Å². The maximum Gasteiger partial charge on any atom is 0.112 e. The van der Waals surface area contributed by atoms with Crippen LogP contribution in [0.1, 0.15) is 30.1 Å². The van der Waals surface area contributed by atoms with Gasteiger partial charge in [0.2, 0.25) is 0 Å². The van der Waals surface area contributed by atoms with E-state index in [1.807, 2.05) is 5.38 Å². The summed E-state index contributed by atoms with van der Waals surface area (Å²) in [4.78, 5) is 4.30. The van der Waals surface area contributed by atoms with Crippen LogP contribution in [0, 0.1) is 0 Å². The van der Waals surface area contributed by atoms with Crippen molar-refractivity contribution in [3.8, 4) is 0 Å². The zero-order valence-electron chi connectivity index (χ0n) is 7.16. The van der Waals surface area contributed by atoms with Crippen LogP contribution in [0.25, 0.3) is 0 Å². The first-order valence-corrected chi connectivity index (χ1v) is 4.96. The molecule has 1 aromatic heterocycles. The van der Waals surface area contributed by atoms with Crippen molar-refractivity contribution in [1.29, 1.82) is 0 Å². The number of hydrogen-bond donors (Lipinski definition) is 2. The number of rotatable bonds is 4. The van der Waals surface area contributed by atoms with Crippen LogP contribution in [-0.2, 0) is 6.42 Å². The van der Waals surface area contributed by atoms with E-state index < -0.39 is 0 Å². The molecule has 0 aliphatic carbocycles. The van der Waals surface area contributed by atoms with Crippen LogP contribution in [0.5, 0.6) is 0 Å². The number of nitrogens with two attached hydrogens (primary N) is 1. The summed E-state index contributed by atoms with van der Waals surface area (Å²) < 4.78 is 0. The fraction of sp³-hybridized carbons (Fsp3) is 0.625. The van der Waals surface area contributed by atoms with E-state index in [-0.39, 0.29) is 12.6 Å². The lowest BCUT2D eigenvalue weighted by atomic mass is 10.3. The number of aryl methyl sites for hydroxylation is 1. The molecule has 0 aliphatic rings. The molecule has 0 radical (unpaired) electrons. The van der Waals surface area contributed by atoms with Gasteiger partial charge in [0.1, 0.15) is 5.01 Å². The third-order valence-electron chi connectivity index (χ3n) is 1.59. The first-order valence-electron chi connectivity index (χ1n) is 4.08. The Hall–Kier alpha value is -0.450. The molecule has 1 aromatic rings. The molecule has 4 heteroatoms. The van der Waals surface area contributed by atoms with E-state index in [0.29, 0.717) is 0 Å². The zero-order chi connectivity index (χ0) is 8.97. The van der Waals surface area contributed by atoms with Gasteiger partial charge in [-0.05, 0) is 6.42 Å². The average molecular weight is 186 g/mol. The summed E-state index contributed by atoms with van der Waals surface area (Å²) in [5.41, 5.74) is 6.69. The molecule has 0 amide bonds. The maximum absolute atomic E-state index is 8.77. The van der Waals surface area contributed by atoms with Gasteiger partial charge in [-0.25, -0.2) is 4.98 Å². The molecule has 0 fully saturated rings. The highest BCUT2D eigenvalue weighted by Gasteiger charge is 2.08. The summed E-state index contributed by atoms with van der Waals surface area (Å²) in [5.74, 6) is 0. The van der Waals surface area contributed by atoms with Gasteiger partial charge in [-0.1, -0.05) is 13.3 Å². The average Bonchev–Trinajstić information content (AvgIpc) is 2.52. The van der Waals surface area contributed by atoms with Crippen molar-refractivity contribution in [3.05, 3.63) is 16.1 Å². The van der Waals surface area contributed by atoms with E-state index in [1.54, 1.807) is 0 Å². The van der Waals surface area contributed by atoms with Gasteiger partial charge < -0.3 is 10.8 Å². The molecule has 12 heavy (non-hydrogen) atoms. The Balaban J connectivity index is 2.63. The fourth-order valence-electron chi connectivity index (χ4n) is 0.942. The summed E-state index contributed by atoms with van der Waals surface area (Å²) >= 11 is 1.53. The molecule has 68 valence electrons. The highest BCUT2D eigenvalue weighted by atomic mass is 32.1. The Kier molecular flexibility index (Phi) is 3.65. The normalized spacial score (nSPS) is 13.2. The van der Waals surface area contributed by atoms with E-state index in [9.17, 15) is 0 Å². The molecule has 0 saturated carbocycles. The standard InChI is InChI=1S/C8H14N2OS/c1-2-3-6-5-12-8(10-6)7(9)4-11/h5,7,11H,2-4,9H2,1H3. The third-order valence-corrected chi connectivity index (χ3v) is 2.61. The van der Waals surface area contributed by atoms with Crippen molar-refractivity contribution >= 4 is 11.3 Å². The fourth-order valence-corrected chi connectivity index (χ4v) is 1.79. The summed E-state index contributed by atoms with van der Waals surface area (Å²) in [5, 5.41) is 11.6. The molecular weight excluding hydrogens is 172 g/mol. The van der Waals surface area contributed by atoms with Crippen LogP contribution in [-0.4, -0.2) is 16.7 Å². The van der Waals surface area contributed by atoms with Gasteiger partial charge in [0, 0.05) is 5.38 Å². The zero-order valence-corrected chi connectivity index (χ0v) is 7.97. The Morgan fingerprint density at radius 3 is 3.08 bits per heavy atom. The topological polar surface area (TPSA) is 59.1 Å². The number of aliphatic hydroxyl groups is 1. The van der Waals surface area contributed by atoms with Gasteiger partial charge in [0.05, 0.1) is 18.3 Å². The second-order valence-corrected chi connectivity index (χ2v) is 3.61. The van der Waals surface area contributed by atoms with Crippen molar-refractivity contribution in [2.24, 2.45) is 5.73 Å². The monoisotopic (exact) mass is 186 g/mol. The van der Waals surface area contributed by atoms with Gasteiger partial charge in [0.25, 0.3) is 0 Å². The first-order chi connectivity index (χ1) is 5.77. The molecule has 3 nitrogen and oxygen atoms in total. The van der Waals surface area contributed by atoms with E-state index in [2.05, 4.69) is 11.9 Å². The summed E-state index contributed by atoms with van der Waals surface area (Å²) in [7, 11) is 0. The SMILES string of the molecule is CCCc1csc(C(N)CO)n1. The van der Waals surface area contributed by atoms with Crippen molar-refractivity contribution in [2.45, 2.75) is 25.8 Å². The largest absolute Gasteiger partial charge is 0.394 e. The minimum atomic E-state index is -0.305. The molecule has 0 saturated heterocycles. The number of thiazole rings is 1. The molecule has 3 N–H and O–H groups in total. The smallest absolute Gasteiger partial charge is 0.112 e. The Morgan fingerprint density at radius 2 is 2.50 bits per heavy atom. The van der Waals surface area contributed by atoms with Crippen LogP contribution in [0.4, 0.5) is 0 Å². The van der Waals surface area contributed by atoms with Gasteiger partial charge in [-0.3, -0.25) is 0 Å². The van der Waals surface area contributed by atoms with Crippen LogP contribution in [0.3, 0.4) is 0 Å². The maximum atomic E-state index is 8.77. The minimum absolute atomic E-state index is 0.0287. The highest BCUT2D eigenvalue weighted by Crippen LogP contribution is 2.16. The molecule has 0 aliphatic heterocycles. The van der Waals surface area contributed by atoms with Crippen LogP contribution >= 0.6 is 11.3 Å². The van der Waals surface area contributed by atoms with E-state index >= 15 is 0 Å². The Bertz CT molecular complexity index is 237. The van der Waals surface area contributed by atoms with Crippen LogP contribution in [0.2, 0.25) is 0 Å². The van der Waals surface area contributed by atoms with Crippen molar-refractivity contribution in [3.63, 3.8) is 0 Å². The molecule has 0 bridgehead atoms. The van der Waals surface area contributed by atoms with E-state index in [0.717, 1.165) is 23.5 Å². The lowest BCUT2D eigenvalue weighted by molar-refractivity contribution is 0.267. The Labute approximate surface area is 76.3 Å². The predicted octanol–water partition coefficient (Wildman–Crippen LogP) is 1.09. The number of aromatic nitrogens is 1. The highest BCUT2D eigenvalue weighted by molar-refractivity contribution is 7.09. The van der Waals surface area contributed by atoms with Crippen LogP contribution in [0.15, 0.2) is 5.38 Å². The second kappa shape index (κ2) is 4.54. The van der Waals surface area contributed by atoms with Gasteiger partial charge in [-0.15, -0.1) is 11.3 Å². The quantitative estimate of drug-likeness (QED) is 0.740. The molecule has 1 heterocycles. The lowest BCUT2D eigenvalue weighted by Crippen LogP contribution is -2.14. The van der Waals surface area contributed by atoms with Crippen LogP contribution < -0.4 is 5.73 Å². The molecule has 1 unspecified atom stereocenters. The van der Waals surface area contributed by atoms with Crippen molar-refractivity contribution in [1.82, 2.24) is 4.98 Å². The van der Waals surface area contributed by atoms with Gasteiger partial charge in [0.15, 0.2) is 0 Å². The van der Waals surface area contributed by atoms with Gasteiger partial charge in [-0.2, -0.15) is 0 Å². The summed E-state index contributed by atoms with van der Waals surface area (Å²) in [6.45, 7) is 2.09. The van der Waals surface area contributed by atoms with Crippen molar-refractivity contribution in [2.75, 3.05) is 6.61 Å². The molecule has 1 rings (SSSR count). The number of aliphatic hydroxyl groups excluding tert-OH is 1. The number of hydrogen-bond acceptors (Lipinski definition) is 4. The van der Waals surface area contributed by atoms with Crippen molar-refractivity contribution < 1.29 is 5.11 Å². The summed E-state index contributed by atoms with van der Waals surface area (Å²) in [6.07, 6.45) is 2.09.